The first-order chi connectivity index (χ1) is 10.3. The zero-order chi connectivity index (χ0) is 14.7. The minimum Gasteiger partial charge on any atom is -0.290 e. The van der Waals surface area contributed by atoms with Crippen LogP contribution in [0, 0.1) is 0 Å². The zero-order valence-electron chi connectivity index (χ0n) is 11.5. The van der Waals surface area contributed by atoms with Crippen LogP contribution in [0.3, 0.4) is 0 Å². The fourth-order valence-corrected chi connectivity index (χ4v) is 2.77. The summed E-state index contributed by atoms with van der Waals surface area (Å²) in [6.07, 6.45) is 0. The Bertz CT molecular complexity index is 764. The highest BCUT2D eigenvalue weighted by atomic mass is 31.0. The van der Waals surface area contributed by atoms with Gasteiger partial charge >= 0.3 is 0 Å². The summed E-state index contributed by atoms with van der Waals surface area (Å²) in [4.78, 5) is 12.0. The minimum atomic E-state index is 0.00614. The van der Waals surface area contributed by atoms with Gasteiger partial charge < -0.3 is 0 Å². The molecule has 1 atom stereocenters. The molecule has 0 fully saturated rings. The van der Waals surface area contributed by atoms with E-state index in [-0.39, 0.29) is 5.52 Å². The van der Waals surface area contributed by atoms with Gasteiger partial charge in [-0.25, -0.2) is 0 Å². The maximum absolute atomic E-state index is 12.0. The molecule has 0 aliphatic rings. The van der Waals surface area contributed by atoms with Crippen molar-refractivity contribution in [1.82, 2.24) is 0 Å². The Morgan fingerprint density at radius 1 is 0.667 bits per heavy atom. The molecule has 3 aromatic rings. The van der Waals surface area contributed by atoms with Crippen molar-refractivity contribution in [3.05, 3.63) is 84.4 Å². The van der Waals surface area contributed by atoms with Crippen molar-refractivity contribution in [2.24, 2.45) is 0 Å². The number of hydrogen-bond acceptors (Lipinski definition) is 1. The molecule has 1 nitrogen and oxygen atoms in total. The molecule has 1 unspecified atom stereocenters. The normalized spacial score (nSPS) is 10.3. The summed E-state index contributed by atoms with van der Waals surface area (Å²) in [5.74, 6) is 0. The molecule has 0 heterocycles. The van der Waals surface area contributed by atoms with Crippen LogP contribution in [-0.4, -0.2) is 5.52 Å². The second-order valence-corrected chi connectivity index (χ2v) is 5.35. The lowest BCUT2D eigenvalue weighted by atomic mass is 9.91. The van der Waals surface area contributed by atoms with Crippen LogP contribution in [0.4, 0.5) is 0 Å². The van der Waals surface area contributed by atoms with E-state index < -0.39 is 0 Å². The van der Waals surface area contributed by atoms with E-state index >= 15 is 0 Å². The standard InChI is InChI=1S/C19H15OP/c20-19(21)17-13-7-12-16(14-8-3-1-4-9-14)18(17)15-10-5-2-6-11-15/h1-13H,21H2. The number of rotatable bonds is 3. The SMILES string of the molecule is O=C(P)c1cccc(-c2ccccc2)c1-c1ccccc1. The van der Waals surface area contributed by atoms with Crippen LogP contribution >= 0.6 is 9.24 Å². The van der Waals surface area contributed by atoms with Gasteiger partial charge in [-0.05, 0) is 16.7 Å². The minimum absolute atomic E-state index is 0.00614. The largest absolute Gasteiger partial charge is 0.290 e. The van der Waals surface area contributed by atoms with Gasteiger partial charge in [0.05, 0.1) is 0 Å². The lowest BCUT2D eigenvalue weighted by Crippen LogP contribution is -1.96. The van der Waals surface area contributed by atoms with Gasteiger partial charge in [-0.2, -0.15) is 0 Å². The van der Waals surface area contributed by atoms with Crippen LogP contribution in [0.15, 0.2) is 78.9 Å². The number of carbonyl (C=O) groups excluding carboxylic acids is 1. The maximum Gasteiger partial charge on any atom is 0.178 e. The average molecular weight is 290 g/mol. The van der Waals surface area contributed by atoms with Gasteiger partial charge in [0.2, 0.25) is 0 Å². The Balaban J connectivity index is 2.31. The summed E-state index contributed by atoms with van der Waals surface area (Å²) < 4.78 is 0. The van der Waals surface area contributed by atoms with Crippen molar-refractivity contribution >= 4 is 14.8 Å². The van der Waals surface area contributed by atoms with Crippen molar-refractivity contribution in [3.8, 4) is 22.3 Å². The quantitative estimate of drug-likeness (QED) is 0.618. The molecule has 0 aliphatic heterocycles. The van der Waals surface area contributed by atoms with Gasteiger partial charge in [0.25, 0.3) is 0 Å². The van der Waals surface area contributed by atoms with E-state index in [0.29, 0.717) is 0 Å². The average Bonchev–Trinajstić information content (AvgIpc) is 2.55. The van der Waals surface area contributed by atoms with Crippen LogP contribution in [-0.2, 0) is 0 Å². The molecular formula is C19H15OP. The van der Waals surface area contributed by atoms with E-state index in [1.54, 1.807) is 0 Å². The summed E-state index contributed by atoms with van der Waals surface area (Å²) in [6.45, 7) is 0. The molecule has 0 saturated heterocycles. The van der Waals surface area contributed by atoms with Crippen LogP contribution in [0.25, 0.3) is 22.3 Å². The predicted octanol–water partition coefficient (Wildman–Crippen LogP) is 5.04. The smallest absolute Gasteiger partial charge is 0.178 e. The molecule has 3 rings (SSSR count). The first-order valence-corrected chi connectivity index (χ1v) is 7.39. The molecule has 0 aliphatic carbocycles. The van der Waals surface area contributed by atoms with Gasteiger partial charge in [-0.15, -0.1) is 0 Å². The zero-order valence-corrected chi connectivity index (χ0v) is 12.6. The van der Waals surface area contributed by atoms with E-state index in [2.05, 4.69) is 27.4 Å². The number of hydrogen-bond donors (Lipinski definition) is 0. The molecule has 0 bridgehead atoms. The summed E-state index contributed by atoms with van der Waals surface area (Å²) in [7, 11) is 2.28. The van der Waals surface area contributed by atoms with Gasteiger partial charge in [0.1, 0.15) is 0 Å². The molecule has 0 amide bonds. The number of benzene rings is 3. The highest BCUT2D eigenvalue weighted by Crippen LogP contribution is 2.35. The Morgan fingerprint density at radius 3 is 1.81 bits per heavy atom. The summed E-state index contributed by atoms with van der Waals surface area (Å²) >= 11 is 0. The Labute approximate surface area is 126 Å². The fraction of sp³-hybridized carbons (Fsp3) is 0. The Kier molecular flexibility index (Phi) is 3.94. The molecular weight excluding hydrogens is 275 g/mol. The van der Waals surface area contributed by atoms with Crippen LogP contribution < -0.4 is 0 Å². The molecule has 3 aromatic carbocycles. The second-order valence-electron chi connectivity index (χ2n) is 4.82. The first-order valence-electron chi connectivity index (χ1n) is 6.81. The summed E-state index contributed by atoms with van der Waals surface area (Å²) in [5, 5.41) is 0. The van der Waals surface area contributed by atoms with E-state index in [0.717, 1.165) is 27.8 Å². The van der Waals surface area contributed by atoms with Crippen molar-refractivity contribution in [2.45, 2.75) is 0 Å². The van der Waals surface area contributed by atoms with Gasteiger partial charge in [-0.1, -0.05) is 88.1 Å². The molecule has 0 aromatic heterocycles. The van der Waals surface area contributed by atoms with Crippen LogP contribution in [0.2, 0.25) is 0 Å². The van der Waals surface area contributed by atoms with E-state index in [4.69, 9.17) is 0 Å². The highest BCUT2D eigenvalue weighted by molar-refractivity contribution is 7.41. The molecule has 21 heavy (non-hydrogen) atoms. The molecule has 2 heteroatoms. The number of carbonyl (C=O) groups is 1. The lowest BCUT2D eigenvalue weighted by Gasteiger charge is -2.14. The van der Waals surface area contributed by atoms with E-state index in [1.807, 2.05) is 60.7 Å². The highest BCUT2D eigenvalue weighted by Gasteiger charge is 2.14. The molecule has 102 valence electrons. The fourth-order valence-electron chi connectivity index (χ4n) is 2.53. The summed E-state index contributed by atoms with van der Waals surface area (Å²) in [5.41, 5.74) is 4.98. The van der Waals surface area contributed by atoms with E-state index in [9.17, 15) is 4.79 Å². The van der Waals surface area contributed by atoms with E-state index in [1.165, 1.54) is 0 Å². The predicted molar refractivity (Wildman–Crippen MR) is 91.4 cm³/mol. The third-order valence-electron chi connectivity index (χ3n) is 3.48. The van der Waals surface area contributed by atoms with Gasteiger partial charge in [-0.3, -0.25) is 4.79 Å². The van der Waals surface area contributed by atoms with Crippen molar-refractivity contribution < 1.29 is 4.79 Å². The summed E-state index contributed by atoms with van der Waals surface area (Å²) in [6, 6.07) is 26.1. The maximum atomic E-state index is 12.0. The third-order valence-corrected chi connectivity index (χ3v) is 3.79. The molecule has 0 saturated carbocycles. The molecule has 0 N–H and O–H groups in total. The molecule has 0 radical (unpaired) electrons. The molecule has 0 spiro atoms. The topological polar surface area (TPSA) is 17.1 Å². The lowest BCUT2D eigenvalue weighted by molar-refractivity contribution is 0.108. The first kappa shape index (κ1) is 13.7. The third kappa shape index (κ3) is 2.79. The van der Waals surface area contributed by atoms with Crippen LogP contribution in [0.1, 0.15) is 10.4 Å². The monoisotopic (exact) mass is 290 g/mol. The second kappa shape index (κ2) is 6.03. The van der Waals surface area contributed by atoms with Gasteiger partial charge in [0.15, 0.2) is 5.52 Å². The Morgan fingerprint density at radius 2 is 1.24 bits per heavy atom. The van der Waals surface area contributed by atoms with Crippen molar-refractivity contribution in [1.29, 1.82) is 0 Å². The van der Waals surface area contributed by atoms with Crippen molar-refractivity contribution in [3.63, 3.8) is 0 Å². The van der Waals surface area contributed by atoms with Gasteiger partial charge in [0, 0.05) is 11.1 Å². The van der Waals surface area contributed by atoms with Crippen molar-refractivity contribution in [2.75, 3.05) is 0 Å². The Hall–Kier alpha value is -2.24. The van der Waals surface area contributed by atoms with Crippen LogP contribution in [0.5, 0.6) is 0 Å².